The zero-order valence-electron chi connectivity index (χ0n) is 16.2. The molecule has 2 aromatic carbocycles. The summed E-state index contributed by atoms with van der Waals surface area (Å²) in [6.07, 6.45) is -0.0736. The number of hydroxylamine groups is 1. The lowest BCUT2D eigenvalue weighted by molar-refractivity contribution is -0.134. The Morgan fingerprint density at radius 3 is 2.65 bits per heavy atom. The lowest BCUT2D eigenvalue weighted by Gasteiger charge is -2.34. The summed E-state index contributed by atoms with van der Waals surface area (Å²) in [6.45, 7) is 0.404. The molecule has 0 aliphatic carbocycles. The van der Waals surface area contributed by atoms with Crippen molar-refractivity contribution in [1.29, 1.82) is 0 Å². The second-order valence-electron chi connectivity index (χ2n) is 7.27. The normalized spacial score (nSPS) is 17.6. The van der Waals surface area contributed by atoms with E-state index in [0.717, 1.165) is 5.56 Å². The fraction of sp³-hybridized carbons (Fsp3) is 0.300. The van der Waals surface area contributed by atoms with Gasteiger partial charge in [-0.05, 0) is 49.2 Å². The third-order valence-corrected chi connectivity index (χ3v) is 9.18. The highest BCUT2D eigenvalue weighted by Gasteiger charge is 2.52. The molecule has 11 heteroatoms. The molecule has 0 saturated carbocycles. The number of sulfone groups is 1. The number of nitrogens with one attached hydrogen (secondary N) is 1. The third-order valence-electron chi connectivity index (χ3n) is 5.62. The summed E-state index contributed by atoms with van der Waals surface area (Å²) in [4.78, 5) is 17.0. The Hall–Kier alpha value is -2.73. The summed E-state index contributed by atoms with van der Waals surface area (Å²) >= 11 is 1.34. The van der Waals surface area contributed by atoms with E-state index in [9.17, 15) is 18.4 Å². The summed E-state index contributed by atoms with van der Waals surface area (Å²) in [5, 5.41) is 9.90. The van der Waals surface area contributed by atoms with Crippen LogP contribution in [-0.4, -0.2) is 49.3 Å². The molecule has 3 heterocycles. The van der Waals surface area contributed by atoms with Crippen molar-refractivity contribution in [3.63, 3.8) is 0 Å². The van der Waals surface area contributed by atoms with Crippen LogP contribution in [-0.2, 0) is 19.4 Å². The highest BCUT2D eigenvalue weighted by atomic mass is 32.2. The van der Waals surface area contributed by atoms with Crippen LogP contribution < -0.4 is 15.0 Å². The second-order valence-corrected chi connectivity index (χ2v) is 10.6. The number of ether oxygens (including phenoxy) is 3. The van der Waals surface area contributed by atoms with E-state index in [1.807, 2.05) is 18.2 Å². The van der Waals surface area contributed by atoms with E-state index < -0.39 is 20.5 Å². The molecule has 2 N–H and O–H groups in total. The van der Waals surface area contributed by atoms with E-state index >= 15 is 0 Å². The fourth-order valence-corrected chi connectivity index (χ4v) is 6.91. The van der Waals surface area contributed by atoms with Crippen LogP contribution >= 0.6 is 11.3 Å². The van der Waals surface area contributed by atoms with Crippen molar-refractivity contribution in [2.24, 2.45) is 0 Å². The molecule has 162 valence electrons. The van der Waals surface area contributed by atoms with Crippen LogP contribution in [0.1, 0.15) is 12.8 Å². The average molecular weight is 463 g/mol. The molecule has 0 atom stereocenters. The number of aromatic nitrogens is 1. The molecule has 0 radical (unpaired) electrons. The molecule has 5 rings (SSSR count). The molecule has 9 nitrogen and oxygen atoms in total. The van der Waals surface area contributed by atoms with E-state index in [2.05, 4.69) is 4.98 Å². The van der Waals surface area contributed by atoms with Gasteiger partial charge in [-0.25, -0.2) is 18.9 Å². The van der Waals surface area contributed by atoms with Gasteiger partial charge >= 0.3 is 0 Å². The topological polar surface area (TPSA) is 124 Å². The summed E-state index contributed by atoms with van der Waals surface area (Å²) in [5.74, 6) is 0.361. The van der Waals surface area contributed by atoms with Crippen LogP contribution in [0.4, 0.5) is 0 Å². The lowest BCUT2D eigenvalue weighted by Crippen LogP contribution is -2.54. The van der Waals surface area contributed by atoms with Gasteiger partial charge in [0.25, 0.3) is 5.91 Å². The smallest absolute Gasteiger partial charge is 0.265 e. The molecule has 0 unspecified atom stereocenters. The molecule has 0 bridgehead atoms. The zero-order chi connectivity index (χ0) is 21.6. The largest absolute Gasteiger partial charge is 0.454 e. The van der Waals surface area contributed by atoms with Gasteiger partial charge in [0, 0.05) is 18.8 Å². The van der Waals surface area contributed by atoms with Crippen LogP contribution in [0, 0.1) is 0 Å². The Kier molecular flexibility index (Phi) is 4.85. The highest BCUT2D eigenvalue weighted by Crippen LogP contribution is 2.40. The molecule has 1 saturated heterocycles. The predicted octanol–water partition coefficient (Wildman–Crippen LogP) is 2.52. The number of nitrogens with zero attached hydrogens (tertiary/aromatic N) is 1. The number of thiazole rings is 1. The molecular formula is C20H18N2O7S2. The maximum atomic E-state index is 13.5. The van der Waals surface area contributed by atoms with Gasteiger partial charge in [-0.2, -0.15) is 0 Å². The molecule has 31 heavy (non-hydrogen) atoms. The van der Waals surface area contributed by atoms with Gasteiger partial charge in [0.1, 0.15) is 5.01 Å². The second kappa shape index (κ2) is 7.45. The Morgan fingerprint density at radius 2 is 1.87 bits per heavy atom. The van der Waals surface area contributed by atoms with Crippen LogP contribution in [0.25, 0.3) is 20.8 Å². The minimum Gasteiger partial charge on any atom is -0.454 e. The van der Waals surface area contributed by atoms with E-state index in [1.54, 1.807) is 6.07 Å². The van der Waals surface area contributed by atoms with Gasteiger partial charge < -0.3 is 14.2 Å². The average Bonchev–Trinajstić information content (AvgIpc) is 3.44. The van der Waals surface area contributed by atoms with Crippen molar-refractivity contribution in [3.05, 3.63) is 36.4 Å². The van der Waals surface area contributed by atoms with Gasteiger partial charge in [-0.15, -0.1) is 11.3 Å². The number of hydrogen-bond donors (Lipinski definition) is 2. The SMILES string of the molecule is O=C(NO)C1(S(=O)(=O)c2ccc3nc(-c4ccc5c(c4)OCO5)sc3c2)CCOCC1. The van der Waals surface area contributed by atoms with Gasteiger partial charge in [-0.3, -0.25) is 10.0 Å². The molecule has 3 aromatic rings. The first-order valence-electron chi connectivity index (χ1n) is 9.52. The fourth-order valence-electron chi connectivity index (χ4n) is 3.87. The highest BCUT2D eigenvalue weighted by molar-refractivity contribution is 7.93. The Labute approximate surface area is 181 Å². The molecular weight excluding hydrogens is 444 g/mol. The maximum absolute atomic E-state index is 13.5. The predicted molar refractivity (Wildman–Crippen MR) is 111 cm³/mol. The molecule has 0 spiro atoms. The maximum Gasteiger partial charge on any atom is 0.265 e. The van der Waals surface area contributed by atoms with Crippen LogP contribution in [0.15, 0.2) is 41.3 Å². The van der Waals surface area contributed by atoms with Crippen molar-refractivity contribution in [1.82, 2.24) is 10.5 Å². The van der Waals surface area contributed by atoms with Crippen LogP contribution in [0.3, 0.4) is 0 Å². The van der Waals surface area contributed by atoms with Crippen molar-refractivity contribution in [2.75, 3.05) is 20.0 Å². The van der Waals surface area contributed by atoms with Crippen molar-refractivity contribution in [2.45, 2.75) is 22.5 Å². The first-order chi connectivity index (χ1) is 14.9. The number of carbonyl (C=O) groups excluding carboxylic acids is 1. The van der Waals surface area contributed by atoms with Crippen LogP contribution in [0.5, 0.6) is 11.5 Å². The van der Waals surface area contributed by atoms with E-state index in [1.165, 1.54) is 28.9 Å². The van der Waals surface area contributed by atoms with Crippen LogP contribution in [0.2, 0.25) is 0 Å². The van der Waals surface area contributed by atoms with Gasteiger partial charge in [-0.1, -0.05) is 0 Å². The first-order valence-corrected chi connectivity index (χ1v) is 11.8. The van der Waals surface area contributed by atoms with Gasteiger partial charge in [0.15, 0.2) is 26.1 Å². The molecule has 2 aliphatic heterocycles. The summed E-state index contributed by atoms with van der Waals surface area (Å²) in [6, 6.07) is 10.1. The Balaban J connectivity index is 1.56. The summed E-state index contributed by atoms with van der Waals surface area (Å²) in [7, 11) is -4.10. The van der Waals surface area contributed by atoms with E-state index in [4.69, 9.17) is 14.2 Å². The number of rotatable bonds is 4. The Bertz CT molecular complexity index is 1280. The third kappa shape index (κ3) is 3.16. The molecule has 2 aliphatic rings. The number of hydrogen-bond acceptors (Lipinski definition) is 9. The molecule has 1 amide bonds. The van der Waals surface area contributed by atoms with Crippen molar-refractivity contribution < 1.29 is 32.6 Å². The van der Waals surface area contributed by atoms with Crippen molar-refractivity contribution >= 4 is 37.3 Å². The quantitative estimate of drug-likeness (QED) is 0.448. The molecule has 1 fully saturated rings. The minimum atomic E-state index is -4.10. The van der Waals surface area contributed by atoms with Crippen molar-refractivity contribution in [3.8, 4) is 22.1 Å². The summed E-state index contributed by atoms with van der Waals surface area (Å²) < 4.78 is 41.9. The Morgan fingerprint density at radius 1 is 1.10 bits per heavy atom. The number of amides is 1. The monoisotopic (exact) mass is 462 g/mol. The lowest BCUT2D eigenvalue weighted by atomic mass is 9.98. The number of benzene rings is 2. The van der Waals surface area contributed by atoms with Gasteiger partial charge in [0.2, 0.25) is 6.79 Å². The van der Waals surface area contributed by atoms with E-state index in [0.29, 0.717) is 26.7 Å². The number of carbonyl (C=O) groups is 1. The van der Waals surface area contributed by atoms with Gasteiger partial charge in [0.05, 0.1) is 15.1 Å². The summed E-state index contributed by atoms with van der Waals surface area (Å²) in [5.41, 5.74) is 3.00. The number of fused-ring (bicyclic) bond motifs is 2. The minimum absolute atomic E-state index is 0.00591. The zero-order valence-corrected chi connectivity index (χ0v) is 17.8. The molecule has 1 aromatic heterocycles. The standard InChI is InChI=1S/C20H18N2O7S2/c23-19(22-24)20(5-7-27-8-6-20)31(25,26)13-2-3-14-17(10-13)30-18(21-14)12-1-4-15-16(9-12)29-11-28-15/h1-4,9-10,24H,5-8,11H2,(H,22,23). The van der Waals surface area contributed by atoms with E-state index in [-0.39, 0.29) is 37.7 Å². The first kappa shape index (κ1) is 20.2.